The molecule has 0 aliphatic carbocycles. The van der Waals surface area contributed by atoms with Gasteiger partial charge < -0.3 is 5.73 Å². The van der Waals surface area contributed by atoms with Gasteiger partial charge >= 0.3 is 0 Å². The van der Waals surface area contributed by atoms with Crippen LogP contribution in [0.25, 0.3) is 28.2 Å². The highest BCUT2D eigenvalue weighted by Gasteiger charge is 2.19. The predicted octanol–water partition coefficient (Wildman–Crippen LogP) is 5.07. The number of hydrogen-bond acceptors (Lipinski definition) is 5. The Kier molecular flexibility index (Phi) is 4.93. The van der Waals surface area contributed by atoms with Gasteiger partial charge in [0.05, 0.1) is 22.1 Å². The highest BCUT2D eigenvalue weighted by atomic mass is 35.5. The third kappa shape index (κ3) is 3.42. The van der Waals surface area contributed by atoms with E-state index in [-0.39, 0.29) is 5.82 Å². The molecule has 2 heterocycles. The van der Waals surface area contributed by atoms with E-state index in [0.717, 1.165) is 5.56 Å². The van der Waals surface area contributed by atoms with Crippen molar-refractivity contribution in [2.45, 2.75) is 6.92 Å². The maximum Gasteiger partial charge on any atom is 0.142 e. The van der Waals surface area contributed by atoms with Crippen LogP contribution < -0.4 is 5.73 Å². The normalized spacial score (nSPS) is 10.7. The molecular weight excluding hydrogens is 407 g/mol. The Morgan fingerprint density at radius 2 is 1.83 bits per heavy atom. The maximum absolute atomic E-state index is 9.56. The molecular formula is C21H14Cl2N6. The smallest absolute Gasteiger partial charge is 0.142 e. The molecule has 2 N–H and O–H groups in total. The molecule has 0 aliphatic heterocycles. The summed E-state index contributed by atoms with van der Waals surface area (Å²) in [6.07, 6.45) is 0. The van der Waals surface area contributed by atoms with Crippen molar-refractivity contribution >= 4 is 29.0 Å². The zero-order chi connectivity index (χ0) is 20.5. The zero-order valence-electron chi connectivity index (χ0n) is 15.3. The minimum absolute atomic E-state index is 0.138. The van der Waals surface area contributed by atoms with Crippen LogP contribution in [0.2, 0.25) is 10.0 Å². The lowest BCUT2D eigenvalue weighted by atomic mass is 9.99. The highest BCUT2D eigenvalue weighted by Crippen LogP contribution is 2.32. The Bertz CT molecular complexity index is 1260. The van der Waals surface area contributed by atoms with Crippen LogP contribution in [0.1, 0.15) is 11.3 Å². The molecule has 142 valence electrons. The quantitative estimate of drug-likeness (QED) is 0.499. The molecule has 0 spiro atoms. The second kappa shape index (κ2) is 7.55. The van der Waals surface area contributed by atoms with E-state index in [0.29, 0.717) is 43.9 Å². The summed E-state index contributed by atoms with van der Waals surface area (Å²) in [4.78, 5) is 4.39. The molecule has 0 atom stereocenters. The van der Waals surface area contributed by atoms with Gasteiger partial charge in [0.25, 0.3) is 0 Å². The number of nitrogen functional groups attached to an aromatic ring is 1. The Morgan fingerprint density at radius 3 is 2.55 bits per heavy atom. The van der Waals surface area contributed by atoms with Crippen molar-refractivity contribution in [3.05, 3.63) is 75.9 Å². The first-order chi connectivity index (χ1) is 14.0. The van der Waals surface area contributed by atoms with Gasteiger partial charge in [0, 0.05) is 10.6 Å². The number of benzene rings is 2. The van der Waals surface area contributed by atoms with Crippen molar-refractivity contribution in [1.29, 1.82) is 5.26 Å². The zero-order valence-corrected chi connectivity index (χ0v) is 16.8. The van der Waals surface area contributed by atoms with Gasteiger partial charge in [-0.2, -0.15) is 5.26 Å². The van der Waals surface area contributed by atoms with Gasteiger partial charge in [0.1, 0.15) is 23.1 Å². The third-order valence-corrected chi connectivity index (χ3v) is 5.07. The number of aromatic nitrogens is 4. The van der Waals surface area contributed by atoms with E-state index in [2.05, 4.69) is 21.4 Å². The summed E-state index contributed by atoms with van der Waals surface area (Å²) in [6.45, 7) is 1.85. The second-order valence-electron chi connectivity index (χ2n) is 6.32. The van der Waals surface area contributed by atoms with Crippen LogP contribution in [0, 0.1) is 18.3 Å². The summed E-state index contributed by atoms with van der Waals surface area (Å²) >= 11 is 12.4. The van der Waals surface area contributed by atoms with Crippen LogP contribution in [-0.2, 0) is 0 Å². The largest absolute Gasteiger partial charge is 0.383 e. The topological polar surface area (TPSA) is 93.4 Å². The van der Waals surface area contributed by atoms with Crippen molar-refractivity contribution in [2.75, 3.05) is 5.73 Å². The molecule has 0 saturated carbocycles. The minimum atomic E-state index is 0.138. The van der Waals surface area contributed by atoms with Crippen molar-refractivity contribution in [3.8, 4) is 34.3 Å². The van der Waals surface area contributed by atoms with E-state index in [9.17, 15) is 5.26 Å². The van der Waals surface area contributed by atoms with E-state index >= 15 is 0 Å². The van der Waals surface area contributed by atoms with Crippen molar-refractivity contribution in [3.63, 3.8) is 0 Å². The van der Waals surface area contributed by atoms with Crippen molar-refractivity contribution in [1.82, 2.24) is 20.0 Å². The van der Waals surface area contributed by atoms with Crippen LogP contribution in [0.15, 0.2) is 54.6 Å². The fourth-order valence-electron chi connectivity index (χ4n) is 3.09. The molecule has 4 rings (SSSR count). The molecule has 0 bridgehead atoms. The molecule has 2 aromatic carbocycles. The molecule has 0 aliphatic rings. The number of hydrogen-bond donors (Lipinski definition) is 1. The minimum Gasteiger partial charge on any atom is -0.383 e. The summed E-state index contributed by atoms with van der Waals surface area (Å²) in [6, 6.07) is 18.6. The Labute approximate surface area is 177 Å². The van der Waals surface area contributed by atoms with E-state index in [1.165, 1.54) is 0 Å². The third-order valence-electron chi connectivity index (χ3n) is 4.52. The molecule has 4 aromatic rings. The van der Waals surface area contributed by atoms with E-state index in [1.807, 2.05) is 37.3 Å². The average molecular weight is 421 g/mol. The summed E-state index contributed by atoms with van der Waals surface area (Å²) in [5.74, 6) is 0.138. The standard InChI is InChI=1S/C21H14Cl2N6/c1-12-20(27-28-29(12)19-9-14(22)7-8-17(19)23)18-10-15(13-5-3-2-4-6-13)16(11-24)21(25)26-18/h2-10H,1H3,(H2,25,26). The number of nitrogens with two attached hydrogens (primary N) is 1. The lowest BCUT2D eigenvalue weighted by Crippen LogP contribution is -2.02. The number of nitrogens with zero attached hydrogens (tertiary/aromatic N) is 5. The first-order valence-corrected chi connectivity index (χ1v) is 9.39. The molecule has 8 heteroatoms. The summed E-state index contributed by atoms with van der Waals surface area (Å²) in [5.41, 5.74) is 10.3. The van der Waals surface area contributed by atoms with Gasteiger partial charge in [-0.3, -0.25) is 0 Å². The molecule has 0 radical (unpaired) electrons. The lowest BCUT2D eigenvalue weighted by molar-refractivity contribution is 0.785. The second-order valence-corrected chi connectivity index (χ2v) is 7.17. The van der Waals surface area contributed by atoms with E-state index in [4.69, 9.17) is 28.9 Å². The number of nitriles is 1. The molecule has 0 fully saturated rings. The molecule has 0 unspecified atom stereocenters. The number of anilines is 1. The molecule has 29 heavy (non-hydrogen) atoms. The van der Waals surface area contributed by atoms with Crippen LogP contribution >= 0.6 is 23.2 Å². The fourth-order valence-corrected chi connectivity index (χ4v) is 3.46. The number of rotatable bonds is 3. The van der Waals surface area contributed by atoms with Crippen LogP contribution in [0.5, 0.6) is 0 Å². The van der Waals surface area contributed by atoms with Gasteiger partial charge in [0.2, 0.25) is 0 Å². The first-order valence-electron chi connectivity index (χ1n) is 8.63. The Morgan fingerprint density at radius 1 is 1.07 bits per heavy atom. The van der Waals surface area contributed by atoms with Crippen molar-refractivity contribution in [2.24, 2.45) is 0 Å². The highest BCUT2D eigenvalue weighted by molar-refractivity contribution is 6.34. The molecule has 0 amide bonds. The van der Waals surface area contributed by atoms with Gasteiger partial charge in [0.15, 0.2) is 0 Å². The van der Waals surface area contributed by atoms with Gasteiger partial charge in [-0.1, -0.05) is 58.7 Å². The Balaban J connectivity index is 1.89. The predicted molar refractivity (Wildman–Crippen MR) is 114 cm³/mol. The maximum atomic E-state index is 9.56. The summed E-state index contributed by atoms with van der Waals surface area (Å²) in [7, 11) is 0. The van der Waals surface area contributed by atoms with Gasteiger partial charge in [-0.25, -0.2) is 9.67 Å². The molecule has 6 nitrogen and oxygen atoms in total. The molecule has 0 saturated heterocycles. The SMILES string of the molecule is Cc1c(-c2cc(-c3ccccc3)c(C#N)c(N)n2)nnn1-c1cc(Cl)ccc1Cl. The fraction of sp³-hybridized carbons (Fsp3) is 0.0476. The molecule has 2 aromatic heterocycles. The van der Waals surface area contributed by atoms with Crippen molar-refractivity contribution < 1.29 is 0 Å². The summed E-state index contributed by atoms with van der Waals surface area (Å²) < 4.78 is 1.60. The Hall–Kier alpha value is -3.40. The number of halogens is 2. The van der Waals surface area contributed by atoms with E-state index in [1.54, 1.807) is 28.9 Å². The summed E-state index contributed by atoms with van der Waals surface area (Å²) in [5, 5.41) is 19.1. The van der Waals surface area contributed by atoms with Gasteiger partial charge in [-0.05, 0) is 36.8 Å². The van der Waals surface area contributed by atoms with Crippen LogP contribution in [0.4, 0.5) is 5.82 Å². The first kappa shape index (κ1) is 18.9. The van der Waals surface area contributed by atoms with E-state index < -0.39 is 0 Å². The van der Waals surface area contributed by atoms with Crippen LogP contribution in [0.3, 0.4) is 0 Å². The average Bonchev–Trinajstić information content (AvgIpc) is 3.11. The monoisotopic (exact) mass is 420 g/mol. The number of pyridine rings is 1. The van der Waals surface area contributed by atoms with Crippen LogP contribution in [-0.4, -0.2) is 20.0 Å². The lowest BCUT2D eigenvalue weighted by Gasteiger charge is -2.10. The van der Waals surface area contributed by atoms with Gasteiger partial charge in [-0.15, -0.1) is 5.10 Å².